The molecule has 8 nitrogen and oxygen atoms in total. The summed E-state index contributed by atoms with van der Waals surface area (Å²) < 4.78 is 21.5. The van der Waals surface area contributed by atoms with Gasteiger partial charge < -0.3 is 14.6 Å². The van der Waals surface area contributed by atoms with E-state index in [0.717, 1.165) is 17.7 Å². The van der Waals surface area contributed by atoms with E-state index in [1.807, 2.05) is 14.0 Å². The van der Waals surface area contributed by atoms with Crippen molar-refractivity contribution in [3.05, 3.63) is 41.3 Å². The molecule has 1 aliphatic rings. The highest BCUT2D eigenvalue weighted by Crippen LogP contribution is 2.31. The Morgan fingerprint density at radius 3 is 2.86 bits per heavy atom. The summed E-state index contributed by atoms with van der Waals surface area (Å²) in [5.74, 6) is -0.119. The summed E-state index contributed by atoms with van der Waals surface area (Å²) in [5.41, 5.74) is 2.68. The minimum atomic E-state index is -0.431. The molecule has 3 heterocycles. The van der Waals surface area contributed by atoms with Crippen molar-refractivity contribution in [3.63, 3.8) is 0 Å². The number of hydrogen-bond acceptors (Lipinski definition) is 5. The molecule has 0 bridgehead atoms. The number of urea groups is 1. The van der Waals surface area contributed by atoms with Crippen LogP contribution in [-0.4, -0.2) is 44.0 Å². The second-order valence-electron chi connectivity index (χ2n) is 6.69. The smallest absolute Gasteiger partial charge is 0.317 e. The van der Waals surface area contributed by atoms with Crippen LogP contribution in [0.15, 0.2) is 28.7 Å². The van der Waals surface area contributed by atoms with Gasteiger partial charge in [0.1, 0.15) is 5.82 Å². The van der Waals surface area contributed by atoms with Crippen LogP contribution in [0, 0.1) is 5.82 Å². The van der Waals surface area contributed by atoms with Gasteiger partial charge in [-0.2, -0.15) is 5.10 Å². The van der Waals surface area contributed by atoms with E-state index in [1.54, 1.807) is 27.8 Å². The van der Waals surface area contributed by atoms with Crippen molar-refractivity contribution in [1.29, 1.82) is 0 Å². The number of aromatic nitrogens is 4. The molecule has 28 heavy (non-hydrogen) atoms. The molecule has 4 rings (SSSR count). The normalized spacial score (nSPS) is 13.5. The first-order valence-electron chi connectivity index (χ1n) is 9.24. The second kappa shape index (κ2) is 7.41. The Balaban J connectivity index is 1.64. The van der Waals surface area contributed by atoms with E-state index in [2.05, 4.69) is 20.6 Å². The van der Waals surface area contributed by atoms with Gasteiger partial charge in [-0.1, -0.05) is 19.1 Å². The zero-order chi connectivity index (χ0) is 19.7. The van der Waals surface area contributed by atoms with Gasteiger partial charge in [0.05, 0.1) is 12.1 Å². The van der Waals surface area contributed by atoms with Gasteiger partial charge in [-0.15, -0.1) is 10.2 Å². The summed E-state index contributed by atoms with van der Waals surface area (Å²) in [6, 6.07) is 6.13. The van der Waals surface area contributed by atoms with Crippen LogP contribution >= 0.6 is 0 Å². The van der Waals surface area contributed by atoms with Crippen LogP contribution in [0.3, 0.4) is 0 Å². The average Bonchev–Trinajstić information content (AvgIpc) is 3.31. The third kappa shape index (κ3) is 3.23. The molecule has 146 valence electrons. The van der Waals surface area contributed by atoms with Crippen LogP contribution in [0.2, 0.25) is 0 Å². The number of fused-ring (bicyclic) bond motifs is 1. The minimum Gasteiger partial charge on any atom is -0.414 e. The molecule has 0 atom stereocenters. The first-order chi connectivity index (χ1) is 13.6. The standard InChI is InChI=1S/C19H21FN6O2/c1-3-9-21-19(27)26-10-8-15-13(11-26)16(24-25(15)2)18-23-22-17(28-18)12-6-4-5-7-14(12)20/h4-7H,3,8-11H2,1-2H3,(H,21,27). The summed E-state index contributed by atoms with van der Waals surface area (Å²) >= 11 is 0. The molecule has 2 amide bonds. The number of aryl methyl sites for hydroxylation is 1. The van der Waals surface area contributed by atoms with E-state index in [9.17, 15) is 9.18 Å². The van der Waals surface area contributed by atoms with Gasteiger partial charge in [0.25, 0.3) is 11.8 Å². The highest BCUT2D eigenvalue weighted by atomic mass is 19.1. The number of hydrogen-bond donors (Lipinski definition) is 1. The maximum Gasteiger partial charge on any atom is 0.317 e. The second-order valence-corrected chi connectivity index (χ2v) is 6.69. The minimum absolute atomic E-state index is 0.0973. The molecule has 0 fully saturated rings. The third-order valence-corrected chi connectivity index (χ3v) is 4.79. The van der Waals surface area contributed by atoms with Crippen molar-refractivity contribution in [2.75, 3.05) is 13.1 Å². The van der Waals surface area contributed by atoms with E-state index < -0.39 is 5.82 Å². The lowest BCUT2D eigenvalue weighted by Crippen LogP contribution is -2.43. The van der Waals surface area contributed by atoms with Crippen molar-refractivity contribution >= 4 is 6.03 Å². The van der Waals surface area contributed by atoms with Crippen LogP contribution in [0.25, 0.3) is 23.0 Å². The lowest BCUT2D eigenvalue weighted by Gasteiger charge is -2.27. The largest absolute Gasteiger partial charge is 0.414 e. The summed E-state index contributed by atoms with van der Waals surface area (Å²) in [4.78, 5) is 14.1. The van der Waals surface area contributed by atoms with Gasteiger partial charge >= 0.3 is 6.03 Å². The fourth-order valence-corrected chi connectivity index (χ4v) is 3.34. The molecule has 0 spiro atoms. The monoisotopic (exact) mass is 384 g/mol. The van der Waals surface area contributed by atoms with Crippen molar-refractivity contribution in [2.45, 2.75) is 26.3 Å². The third-order valence-electron chi connectivity index (χ3n) is 4.79. The SMILES string of the molecule is CCCNC(=O)N1CCc2c(c(-c3nnc(-c4ccccc4F)o3)nn2C)C1. The molecule has 9 heteroatoms. The lowest BCUT2D eigenvalue weighted by molar-refractivity contribution is 0.192. The number of amides is 2. The summed E-state index contributed by atoms with van der Waals surface area (Å²) in [7, 11) is 1.85. The van der Waals surface area contributed by atoms with Gasteiger partial charge in [-0.25, -0.2) is 9.18 Å². The topological polar surface area (TPSA) is 89.1 Å². The highest BCUT2D eigenvalue weighted by molar-refractivity contribution is 5.75. The van der Waals surface area contributed by atoms with Crippen molar-refractivity contribution in [1.82, 2.24) is 30.2 Å². The molecular weight excluding hydrogens is 363 g/mol. The van der Waals surface area contributed by atoms with E-state index >= 15 is 0 Å². The fourth-order valence-electron chi connectivity index (χ4n) is 3.34. The molecule has 2 aromatic heterocycles. The van der Waals surface area contributed by atoms with Gasteiger partial charge in [-0.3, -0.25) is 4.68 Å². The Hall–Kier alpha value is -3.23. The van der Waals surface area contributed by atoms with Gasteiger partial charge in [-0.05, 0) is 18.6 Å². The molecule has 1 aromatic carbocycles. The van der Waals surface area contributed by atoms with Crippen molar-refractivity contribution in [3.8, 4) is 23.0 Å². The Bertz CT molecular complexity index is 1010. The molecule has 0 saturated carbocycles. The van der Waals surface area contributed by atoms with E-state index in [0.29, 0.717) is 31.7 Å². The first-order valence-corrected chi connectivity index (χ1v) is 9.24. The quantitative estimate of drug-likeness (QED) is 0.747. The average molecular weight is 384 g/mol. The number of carbonyl (C=O) groups is 1. The Kier molecular flexibility index (Phi) is 4.81. The Morgan fingerprint density at radius 2 is 2.07 bits per heavy atom. The number of nitrogens with one attached hydrogen (secondary N) is 1. The molecule has 1 aliphatic heterocycles. The van der Waals surface area contributed by atoms with Crippen LogP contribution in [-0.2, 0) is 20.0 Å². The molecular formula is C19H21FN6O2. The number of rotatable bonds is 4. The molecule has 0 saturated heterocycles. The predicted octanol–water partition coefficient (Wildman–Crippen LogP) is 2.75. The number of halogens is 1. The summed E-state index contributed by atoms with van der Waals surface area (Å²) in [5, 5.41) is 15.5. The predicted molar refractivity (Wildman–Crippen MR) is 99.7 cm³/mol. The molecule has 3 aromatic rings. The number of benzene rings is 1. The van der Waals surface area contributed by atoms with Gasteiger partial charge in [0, 0.05) is 37.8 Å². The number of carbonyl (C=O) groups excluding carboxylic acids is 1. The van der Waals surface area contributed by atoms with E-state index in [1.165, 1.54) is 6.07 Å². The number of nitrogens with zero attached hydrogens (tertiary/aromatic N) is 5. The van der Waals surface area contributed by atoms with Gasteiger partial charge in [0.2, 0.25) is 0 Å². The molecule has 1 N–H and O–H groups in total. The van der Waals surface area contributed by atoms with E-state index in [4.69, 9.17) is 4.42 Å². The molecule has 0 unspecified atom stereocenters. The Labute approximate surface area is 161 Å². The van der Waals surface area contributed by atoms with Crippen LogP contribution in [0.4, 0.5) is 9.18 Å². The van der Waals surface area contributed by atoms with Crippen molar-refractivity contribution in [2.24, 2.45) is 7.05 Å². The van der Waals surface area contributed by atoms with Gasteiger partial charge in [0.15, 0.2) is 5.69 Å². The first kappa shape index (κ1) is 18.1. The fraction of sp³-hybridized carbons (Fsp3) is 0.368. The lowest BCUT2D eigenvalue weighted by atomic mass is 10.1. The van der Waals surface area contributed by atoms with Crippen molar-refractivity contribution < 1.29 is 13.6 Å². The van der Waals surface area contributed by atoms with Crippen LogP contribution < -0.4 is 5.32 Å². The van der Waals surface area contributed by atoms with E-state index in [-0.39, 0.29) is 23.4 Å². The highest BCUT2D eigenvalue weighted by Gasteiger charge is 2.29. The maximum absolute atomic E-state index is 14.0. The Morgan fingerprint density at radius 1 is 1.29 bits per heavy atom. The van der Waals surface area contributed by atoms with Crippen LogP contribution in [0.5, 0.6) is 0 Å². The molecule has 0 radical (unpaired) electrons. The zero-order valence-corrected chi connectivity index (χ0v) is 15.8. The summed E-state index contributed by atoms with van der Waals surface area (Å²) in [6.07, 6.45) is 1.57. The molecule has 0 aliphatic carbocycles. The summed E-state index contributed by atoms with van der Waals surface area (Å²) in [6.45, 7) is 3.67. The van der Waals surface area contributed by atoms with Crippen LogP contribution in [0.1, 0.15) is 24.6 Å². The zero-order valence-electron chi connectivity index (χ0n) is 15.8. The maximum atomic E-state index is 14.0.